The van der Waals surface area contributed by atoms with Crippen LogP contribution in [0.4, 0.5) is 18.0 Å². The zero-order chi connectivity index (χ0) is 20.9. The van der Waals surface area contributed by atoms with E-state index in [2.05, 4.69) is 5.32 Å². The third-order valence-electron chi connectivity index (χ3n) is 5.26. The van der Waals surface area contributed by atoms with Gasteiger partial charge in [-0.3, -0.25) is 9.69 Å². The third-order valence-corrected chi connectivity index (χ3v) is 5.26. The Morgan fingerprint density at radius 3 is 2.55 bits per heavy atom. The molecular weight excluding hydrogens is 385 g/mol. The van der Waals surface area contributed by atoms with E-state index in [-0.39, 0.29) is 25.0 Å². The maximum atomic E-state index is 12.6. The fraction of sp³-hybridized carbons (Fsp3) is 0.600. The summed E-state index contributed by atoms with van der Waals surface area (Å²) in [4.78, 5) is 29.0. The Balaban J connectivity index is 1.47. The summed E-state index contributed by atoms with van der Waals surface area (Å²) in [6.45, 7) is 2.02. The molecule has 6 nitrogen and oxygen atoms in total. The molecule has 0 aliphatic carbocycles. The van der Waals surface area contributed by atoms with Crippen LogP contribution >= 0.6 is 0 Å². The van der Waals surface area contributed by atoms with E-state index in [0.29, 0.717) is 39.0 Å². The number of carbonyl (C=O) groups excluding carboxylic acids is 2. The smallest absolute Gasteiger partial charge is 0.338 e. The number of nitrogens with one attached hydrogen (secondary N) is 1. The zero-order valence-corrected chi connectivity index (χ0v) is 16.4. The molecule has 1 aromatic carbocycles. The van der Waals surface area contributed by atoms with Crippen molar-refractivity contribution in [3.63, 3.8) is 0 Å². The minimum absolute atomic E-state index is 0.171. The molecule has 9 heteroatoms. The quantitative estimate of drug-likeness (QED) is 0.809. The summed E-state index contributed by atoms with van der Waals surface area (Å²) in [5.74, 6) is 0.171. The lowest BCUT2D eigenvalue weighted by molar-refractivity contribution is -0.145. The molecule has 2 saturated heterocycles. The number of carbonyl (C=O) groups is 2. The molecular formula is C20H27F3N4O2. The van der Waals surface area contributed by atoms with Gasteiger partial charge in [0.15, 0.2) is 0 Å². The number of benzene rings is 1. The topological polar surface area (TPSA) is 55.9 Å². The van der Waals surface area contributed by atoms with Gasteiger partial charge in [-0.1, -0.05) is 24.3 Å². The number of hydrogen-bond acceptors (Lipinski definition) is 3. The van der Waals surface area contributed by atoms with Gasteiger partial charge in [0.1, 0.15) is 0 Å². The Morgan fingerprint density at radius 2 is 1.83 bits per heavy atom. The van der Waals surface area contributed by atoms with Crippen molar-refractivity contribution < 1.29 is 22.8 Å². The summed E-state index contributed by atoms with van der Waals surface area (Å²) >= 11 is 0. The lowest BCUT2D eigenvalue weighted by atomic mass is 10.1. The molecule has 29 heavy (non-hydrogen) atoms. The van der Waals surface area contributed by atoms with Crippen LogP contribution in [0.25, 0.3) is 0 Å². The molecule has 0 spiro atoms. The maximum absolute atomic E-state index is 12.6. The monoisotopic (exact) mass is 412 g/mol. The Labute approximate surface area is 168 Å². The van der Waals surface area contributed by atoms with Crippen molar-refractivity contribution in [1.82, 2.24) is 20.0 Å². The second-order valence-electron chi connectivity index (χ2n) is 7.63. The summed E-state index contributed by atoms with van der Waals surface area (Å²) in [6.07, 6.45) is -2.21. The highest BCUT2D eigenvalue weighted by Gasteiger charge is 2.31. The molecule has 2 heterocycles. The van der Waals surface area contributed by atoms with Gasteiger partial charge in [-0.15, -0.1) is 0 Å². The molecule has 2 fully saturated rings. The van der Waals surface area contributed by atoms with E-state index in [1.54, 1.807) is 4.90 Å². The van der Waals surface area contributed by atoms with Crippen molar-refractivity contribution in [2.75, 3.05) is 39.3 Å². The highest BCUT2D eigenvalue weighted by Crippen LogP contribution is 2.18. The maximum Gasteiger partial charge on any atom is 0.401 e. The molecule has 3 amide bonds. The Morgan fingerprint density at radius 1 is 1.03 bits per heavy atom. The van der Waals surface area contributed by atoms with E-state index in [0.717, 1.165) is 24.1 Å². The molecule has 0 bridgehead atoms. The lowest BCUT2D eigenvalue weighted by Gasteiger charge is -2.23. The van der Waals surface area contributed by atoms with Crippen LogP contribution < -0.4 is 5.32 Å². The number of alkyl halides is 3. The normalized spacial score (nSPS) is 18.8. The average molecular weight is 412 g/mol. The minimum Gasteiger partial charge on any atom is -0.338 e. The molecule has 0 aromatic heterocycles. The van der Waals surface area contributed by atoms with Crippen LogP contribution in [0.3, 0.4) is 0 Å². The van der Waals surface area contributed by atoms with Crippen LogP contribution in [-0.2, 0) is 17.9 Å². The van der Waals surface area contributed by atoms with Crippen molar-refractivity contribution in [2.45, 2.75) is 38.5 Å². The van der Waals surface area contributed by atoms with Gasteiger partial charge in [0.2, 0.25) is 5.91 Å². The molecule has 0 atom stereocenters. The predicted molar refractivity (Wildman–Crippen MR) is 102 cm³/mol. The van der Waals surface area contributed by atoms with E-state index in [4.69, 9.17) is 0 Å². The zero-order valence-electron chi connectivity index (χ0n) is 16.4. The number of nitrogens with zero attached hydrogens (tertiary/aromatic N) is 3. The molecule has 0 unspecified atom stereocenters. The Bertz CT molecular complexity index is 726. The van der Waals surface area contributed by atoms with Gasteiger partial charge < -0.3 is 15.1 Å². The summed E-state index contributed by atoms with van der Waals surface area (Å²) in [5.41, 5.74) is 1.94. The third kappa shape index (κ3) is 6.62. The fourth-order valence-electron chi connectivity index (χ4n) is 3.80. The SMILES string of the molecule is O=C1CCCN1Cc1cccc(CNC(=O)N2CCCN(CC(F)(F)F)CC2)c1. The van der Waals surface area contributed by atoms with Gasteiger partial charge in [-0.05, 0) is 24.0 Å². The van der Waals surface area contributed by atoms with Crippen molar-refractivity contribution in [2.24, 2.45) is 0 Å². The van der Waals surface area contributed by atoms with Gasteiger partial charge in [0.05, 0.1) is 6.54 Å². The minimum atomic E-state index is -4.22. The van der Waals surface area contributed by atoms with Crippen LogP contribution in [0.1, 0.15) is 30.4 Å². The lowest BCUT2D eigenvalue weighted by Crippen LogP contribution is -2.42. The van der Waals surface area contributed by atoms with Crippen LogP contribution in [0, 0.1) is 0 Å². The van der Waals surface area contributed by atoms with Crippen LogP contribution in [-0.4, -0.2) is 72.1 Å². The predicted octanol–water partition coefficient (Wildman–Crippen LogP) is 2.59. The van der Waals surface area contributed by atoms with Crippen molar-refractivity contribution in [3.05, 3.63) is 35.4 Å². The molecule has 2 aliphatic rings. The standard InChI is InChI=1S/C20H27F3N4O2/c21-20(22,23)15-25-7-3-9-26(11-10-25)19(29)24-13-16-4-1-5-17(12-16)14-27-8-2-6-18(27)28/h1,4-5,12H,2-3,6-11,13-15H2,(H,24,29). The first-order valence-electron chi connectivity index (χ1n) is 9.98. The number of amides is 3. The van der Waals surface area contributed by atoms with Crippen LogP contribution in [0.2, 0.25) is 0 Å². The molecule has 0 radical (unpaired) electrons. The molecule has 1 aromatic rings. The Kier molecular flexibility index (Phi) is 7.00. The van der Waals surface area contributed by atoms with Crippen LogP contribution in [0.5, 0.6) is 0 Å². The van der Waals surface area contributed by atoms with Crippen molar-refractivity contribution >= 4 is 11.9 Å². The van der Waals surface area contributed by atoms with E-state index >= 15 is 0 Å². The number of likely N-dealkylation sites (tertiary alicyclic amines) is 1. The van der Waals surface area contributed by atoms with Gasteiger partial charge in [0, 0.05) is 52.2 Å². The van der Waals surface area contributed by atoms with Gasteiger partial charge in [0.25, 0.3) is 0 Å². The largest absolute Gasteiger partial charge is 0.401 e. The van der Waals surface area contributed by atoms with Crippen molar-refractivity contribution in [3.8, 4) is 0 Å². The second-order valence-corrected chi connectivity index (χ2v) is 7.63. The number of halogens is 3. The van der Waals surface area contributed by atoms with Gasteiger partial charge in [-0.2, -0.15) is 13.2 Å². The van der Waals surface area contributed by atoms with E-state index < -0.39 is 12.7 Å². The molecule has 1 N–H and O–H groups in total. The van der Waals surface area contributed by atoms with Crippen molar-refractivity contribution in [1.29, 1.82) is 0 Å². The molecule has 160 valence electrons. The first-order valence-corrected chi connectivity index (χ1v) is 9.98. The molecule has 0 saturated carbocycles. The summed E-state index contributed by atoms with van der Waals surface area (Å²) in [7, 11) is 0. The highest BCUT2D eigenvalue weighted by molar-refractivity contribution is 5.78. The summed E-state index contributed by atoms with van der Waals surface area (Å²) < 4.78 is 37.7. The average Bonchev–Trinajstić information content (AvgIpc) is 2.92. The van der Waals surface area contributed by atoms with Gasteiger partial charge in [-0.25, -0.2) is 4.79 Å². The molecule has 2 aliphatic heterocycles. The molecule has 3 rings (SSSR count). The summed E-state index contributed by atoms with van der Waals surface area (Å²) in [5, 5.41) is 2.85. The van der Waals surface area contributed by atoms with E-state index in [1.165, 1.54) is 4.90 Å². The van der Waals surface area contributed by atoms with E-state index in [9.17, 15) is 22.8 Å². The number of rotatable bonds is 5. The van der Waals surface area contributed by atoms with Gasteiger partial charge >= 0.3 is 12.2 Å². The highest BCUT2D eigenvalue weighted by atomic mass is 19.4. The first-order chi connectivity index (χ1) is 13.8. The number of urea groups is 1. The second kappa shape index (κ2) is 9.47. The first kappa shape index (κ1) is 21.4. The fourth-order valence-corrected chi connectivity index (χ4v) is 3.80. The summed E-state index contributed by atoms with van der Waals surface area (Å²) in [6, 6.07) is 7.47. The van der Waals surface area contributed by atoms with Crippen LogP contribution in [0.15, 0.2) is 24.3 Å². The van der Waals surface area contributed by atoms with E-state index in [1.807, 2.05) is 29.2 Å². The number of hydrogen-bond donors (Lipinski definition) is 1. The Hall–Kier alpha value is -2.29.